The summed E-state index contributed by atoms with van der Waals surface area (Å²) in [6, 6.07) is 0. The molecule has 4 aliphatic carbocycles. The first-order chi connectivity index (χ1) is 22.9. The van der Waals surface area contributed by atoms with E-state index in [4.69, 9.17) is 22.6 Å². The van der Waals surface area contributed by atoms with Gasteiger partial charge in [-0.15, -0.1) is 8.67 Å². The van der Waals surface area contributed by atoms with Crippen LogP contribution in [0, 0.1) is 46.3 Å². The molecule has 4 saturated carbocycles. The minimum absolute atomic E-state index is 0.00978. The van der Waals surface area contributed by atoms with Crippen LogP contribution in [0.5, 0.6) is 0 Å². The van der Waals surface area contributed by atoms with Gasteiger partial charge in [0.2, 0.25) is 0 Å². The van der Waals surface area contributed by atoms with E-state index in [2.05, 4.69) is 32.6 Å². The quantitative estimate of drug-likeness (QED) is 0.0545. The number of aliphatic carboxylic acids is 1. The molecule has 276 valence electrons. The van der Waals surface area contributed by atoms with E-state index >= 15 is 0 Å². The zero-order chi connectivity index (χ0) is 34.8. The maximum Gasteiger partial charge on any atom is 0.306 e. The number of carboxylic acids is 1. The van der Waals surface area contributed by atoms with Gasteiger partial charge in [0.05, 0.1) is 24.7 Å². The summed E-state index contributed by atoms with van der Waals surface area (Å²) in [4.78, 5) is 25.9. The molecule has 3 N–H and O–H groups in total. The molecular weight excluding hydrogens is 680 g/mol. The Bertz CT molecular complexity index is 1100. The smallest absolute Gasteiger partial charge is 0.306 e. The minimum atomic E-state index is -1.40. The Balaban J connectivity index is 1.45. The van der Waals surface area contributed by atoms with Crippen molar-refractivity contribution in [3.63, 3.8) is 0 Å². The summed E-state index contributed by atoms with van der Waals surface area (Å²) in [5, 5.41) is 60.0. The second-order valence-electron chi connectivity index (χ2n) is 14.7. The van der Waals surface area contributed by atoms with E-state index < -0.39 is 72.8 Å². The molecule has 1 aliphatic heterocycles. The molecule has 0 aromatic heterocycles. The third-order valence-corrected chi connectivity index (χ3v) is 12.7. The SMILES string of the molecule is CC(C)CC(=O)OC1C(OC2CC(C(=O)O)C3CCC45CC(CCC4C3(C)C2)C(C)[C@@H]5O)O[C@H](CO)[C@@H](OSOO[O-])C1OSOO[O-]. The normalized spacial score (nSPS) is 43.9. The Morgan fingerprint density at radius 2 is 1.71 bits per heavy atom. The number of aliphatic hydroxyl groups excluding tert-OH is 2. The molecule has 0 amide bonds. The lowest BCUT2D eigenvalue weighted by Crippen LogP contribution is -2.63. The second-order valence-corrected chi connectivity index (χ2v) is 15.7. The average molecular weight is 727 g/mol. The number of fused-ring (bicyclic) bond motifs is 3. The fourth-order valence-electron chi connectivity index (χ4n) is 10.1. The number of aliphatic hydroxyl groups is 2. The van der Waals surface area contributed by atoms with Crippen LogP contribution in [0.1, 0.15) is 79.1 Å². The predicted molar refractivity (Wildman–Crippen MR) is 159 cm³/mol. The standard InChI is InChI=1S/C30H48O16S2/c1-14(2)9-22(32)40-25-24(42-48-46-44-37)23(41-47-45-43-36)20(13-31)39-28(25)38-17-10-18(27(34)35)19-7-8-30-11-16(15(3)26(30)33)5-6-21(30)29(19,4)12-17/h14-21,23-26,28,31,33,36-37H,5-13H2,1-4H3,(H,34,35)/p-2/t15?,16?,17?,18?,19?,20-,21?,23-,24?,25?,26+,28?,29?,30?/m1/s1. The number of hydrogen-bond donors (Lipinski definition) is 3. The van der Waals surface area contributed by atoms with Gasteiger partial charge in [-0.25, -0.2) is 0 Å². The molecule has 0 radical (unpaired) electrons. The van der Waals surface area contributed by atoms with E-state index in [1.807, 2.05) is 13.8 Å². The summed E-state index contributed by atoms with van der Waals surface area (Å²) in [5.41, 5.74) is -0.771. The zero-order valence-corrected chi connectivity index (χ0v) is 29.0. The first kappa shape index (κ1) is 38.4. The van der Waals surface area contributed by atoms with Crippen LogP contribution in [0.15, 0.2) is 0 Å². The molecule has 14 atom stereocenters. The summed E-state index contributed by atoms with van der Waals surface area (Å²) in [7, 11) is 0. The Hall–Kier alpha value is -0.840. The highest BCUT2D eigenvalue weighted by molar-refractivity contribution is 7.90. The van der Waals surface area contributed by atoms with Crippen LogP contribution in [-0.2, 0) is 50.9 Å². The largest absolute Gasteiger partial charge is 0.691 e. The summed E-state index contributed by atoms with van der Waals surface area (Å²) >= 11 is 0.208. The molecule has 18 heteroatoms. The molecular formula is C30H46O16S2-2. The van der Waals surface area contributed by atoms with Gasteiger partial charge in [0, 0.05) is 11.8 Å². The van der Waals surface area contributed by atoms with Crippen LogP contribution in [0.3, 0.4) is 0 Å². The second kappa shape index (κ2) is 16.2. The zero-order valence-electron chi connectivity index (χ0n) is 27.3. The fraction of sp³-hybridized carbons (Fsp3) is 0.933. The third-order valence-electron chi connectivity index (χ3n) is 11.9. The van der Waals surface area contributed by atoms with Gasteiger partial charge in [0.1, 0.15) is 18.3 Å². The van der Waals surface area contributed by atoms with E-state index in [0.717, 1.165) is 25.7 Å². The highest BCUT2D eigenvalue weighted by Crippen LogP contribution is 2.71. The Morgan fingerprint density at radius 1 is 1.02 bits per heavy atom. The van der Waals surface area contributed by atoms with Crippen LogP contribution in [0.25, 0.3) is 0 Å². The highest BCUT2D eigenvalue weighted by atomic mass is 32.2. The Labute approximate surface area is 287 Å². The van der Waals surface area contributed by atoms with Crippen molar-refractivity contribution >= 4 is 36.6 Å². The van der Waals surface area contributed by atoms with Crippen molar-refractivity contribution in [3.8, 4) is 0 Å². The van der Waals surface area contributed by atoms with Crippen molar-refractivity contribution in [2.24, 2.45) is 46.3 Å². The molecule has 1 heterocycles. The molecule has 16 nitrogen and oxygen atoms in total. The third kappa shape index (κ3) is 7.53. The molecule has 0 aromatic carbocycles. The maximum atomic E-state index is 13.0. The number of ether oxygens (including phenoxy) is 3. The topological polar surface area (TPSA) is 224 Å². The fourth-order valence-corrected chi connectivity index (χ4v) is 10.8. The van der Waals surface area contributed by atoms with E-state index in [9.17, 15) is 35.4 Å². The summed E-state index contributed by atoms with van der Waals surface area (Å²) in [6.07, 6.45) is -2.95. The Morgan fingerprint density at radius 3 is 2.33 bits per heavy atom. The number of carbonyl (C=O) groups excluding carboxylic acids is 1. The van der Waals surface area contributed by atoms with E-state index in [1.54, 1.807) is 0 Å². The van der Waals surface area contributed by atoms with Crippen molar-refractivity contribution in [1.82, 2.24) is 0 Å². The van der Waals surface area contributed by atoms with Crippen LogP contribution < -0.4 is 10.5 Å². The lowest BCUT2D eigenvalue weighted by molar-refractivity contribution is -0.778. The number of carbonyl (C=O) groups is 2. The van der Waals surface area contributed by atoms with E-state index in [-0.39, 0.29) is 66.6 Å². The van der Waals surface area contributed by atoms with Crippen molar-refractivity contribution in [3.05, 3.63) is 0 Å². The molecule has 2 bridgehead atoms. The lowest BCUT2D eigenvalue weighted by atomic mass is 9.43. The highest BCUT2D eigenvalue weighted by Gasteiger charge is 2.67. The van der Waals surface area contributed by atoms with Crippen LogP contribution >= 0.6 is 24.6 Å². The van der Waals surface area contributed by atoms with Gasteiger partial charge in [0.25, 0.3) is 0 Å². The van der Waals surface area contributed by atoms with Gasteiger partial charge in [0.15, 0.2) is 37.0 Å². The maximum absolute atomic E-state index is 13.0. The van der Waals surface area contributed by atoms with Crippen molar-refractivity contribution in [2.75, 3.05) is 6.61 Å². The predicted octanol–water partition coefficient (Wildman–Crippen LogP) is 1.71. The average Bonchev–Trinajstić information content (AvgIpc) is 3.21. The molecule has 1 saturated heterocycles. The number of carboxylic acid groups (broad SMARTS) is 1. The van der Waals surface area contributed by atoms with Crippen molar-refractivity contribution < 1.29 is 76.7 Å². The molecule has 48 heavy (non-hydrogen) atoms. The summed E-state index contributed by atoms with van der Waals surface area (Å²) in [6.45, 7) is 7.22. The van der Waals surface area contributed by atoms with E-state index in [0.29, 0.717) is 18.8 Å². The van der Waals surface area contributed by atoms with Crippen LogP contribution in [0.2, 0.25) is 0 Å². The Kier molecular flexibility index (Phi) is 13.0. The van der Waals surface area contributed by atoms with Gasteiger partial charge in [-0.3, -0.25) is 28.0 Å². The molecule has 0 aromatic rings. The van der Waals surface area contributed by atoms with Crippen molar-refractivity contribution in [1.29, 1.82) is 0 Å². The first-order valence-corrected chi connectivity index (χ1v) is 17.8. The van der Waals surface area contributed by atoms with E-state index in [1.165, 1.54) is 0 Å². The molecule has 5 rings (SSSR count). The van der Waals surface area contributed by atoms with Gasteiger partial charge in [-0.2, -0.15) is 0 Å². The molecule has 5 fully saturated rings. The molecule has 1 spiro atoms. The van der Waals surface area contributed by atoms with Gasteiger partial charge in [-0.05, 0) is 80.0 Å². The van der Waals surface area contributed by atoms with Crippen molar-refractivity contribution in [2.45, 2.75) is 122 Å². The molecule has 5 aliphatic rings. The minimum Gasteiger partial charge on any atom is -0.691 e. The van der Waals surface area contributed by atoms with Crippen LogP contribution in [0.4, 0.5) is 0 Å². The van der Waals surface area contributed by atoms with Crippen LogP contribution in [-0.4, -0.2) is 76.8 Å². The molecule has 11 unspecified atom stereocenters. The lowest BCUT2D eigenvalue weighted by Gasteiger charge is -2.62. The summed E-state index contributed by atoms with van der Waals surface area (Å²) < 4.78 is 38.1. The number of esters is 1. The number of rotatable bonds is 15. The number of hydrogen-bond acceptors (Lipinski definition) is 17. The summed E-state index contributed by atoms with van der Waals surface area (Å²) in [5.74, 6) is -1.82. The van der Waals surface area contributed by atoms with Gasteiger partial charge >= 0.3 is 11.9 Å². The van der Waals surface area contributed by atoms with Gasteiger partial charge in [-0.1, -0.05) is 27.7 Å². The van der Waals surface area contributed by atoms with Gasteiger partial charge < -0.3 is 40.0 Å². The monoisotopic (exact) mass is 726 g/mol. The first-order valence-electron chi connectivity index (χ1n) is 16.5.